The minimum Gasteiger partial charge on any atom is -0.454 e. The molecule has 3 atom stereocenters. The largest absolute Gasteiger partial charge is 0.454 e. The van der Waals surface area contributed by atoms with Crippen molar-refractivity contribution in [1.29, 1.82) is 0 Å². The molecule has 192 valence electrons. The zero-order valence-electron chi connectivity index (χ0n) is 20.8. The first-order valence-electron chi connectivity index (χ1n) is 12.8. The maximum absolute atomic E-state index is 13.6. The van der Waals surface area contributed by atoms with Crippen molar-refractivity contribution in [3.63, 3.8) is 0 Å². The number of anilines is 1. The minimum absolute atomic E-state index is 0.0961. The van der Waals surface area contributed by atoms with E-state index >= 15 is 0 Å². The number of carbonyl (C=O) groups excluding carboxylic acids is 4. The second kappa shape index (κ2) is 9.95. The van der Waals surface area contributed by atoms with Gasteiger partial charge in [0.1, 0.15) is 6.04 Å². The number of nitrogens with zero attached hydrogens (tertiary/aromatic N) is 2. The van der Waals surface area contributed by atoms with Crippen LogP contribution < -0.4 is 14.8 Å². The zero-order chi connectivity index (χ0) is 25.4. The number of imide groups is 1. The number of ether oxygens (including phenoxy) is 2. The fraction of sp³-hybridized carbons (Fsp3) is 0.556. The minimum atomic E-state index is -0.783. The van der Waals surface area contributed by atoms with Crippen LogP contribution in [-0.2, 0) is 19.2 Å². The molecule has 3 heterocycles. The Bertz CT molecular complexity index is 1060. The predicted octanol–water partition coefficient (Wildman–Crippen LogP) is 2.96. The highest BCUT2D eigenvalue weighted by Crippen LogP contribution is 2.38. The first-order valence-corrected chi connectivity index (χ1v) is 12.8. The van der Waals surface area contributed by atoms with E-state index in [1.807, 2.05) is 26.0 Å². The highest BCUT2D eigenvalue weighted by molar-refractivity contribution is 6.08. The van der Waals surface area contributed by atoms with Gasteiger partial charge in [0.15, 0.2) is 11.5 Å². The molecule has 0 aromatic heterocycles. The molecule has 2 saturated heterocycles. The molecule has 9 heteroatoms. The highest BCUT2D eigenvalue weighted by Gasteiger charge is 2.51. The van der Waals surface area contributed by atoms with Crippen LogP contribution in [0.4, 0.5) is 5.69 Å². The van der Waals surface area contributed by atoms with E-state index in [0.717, 1.165) is 0 Å². The number of carbonyl (C=O) groups is 4. The third-order valence-electron chi connectivity index (χ3n) is 7.65. The van der Waals surface area contributed by atoms with E-state index in [2.05, 4.69) is 5.32 Å². The molecule has 36 heavy (non-hydrogen) atoms. The molecule has 0 unspecified atom stereocenters. The van der Waals surface area contributed by atoms with Gasteiger partial charge < -0.3 is 19.7 Å². The lowest BCUT2D eigenvalue weighted by molar-refractivity contribution is -0.153. The average Bonchev–Trinajstić information content (AvgIpc) is 3.44. The Morgan fingerprint density at radius 1 is 1.00 bits per heavy atom. The Kier molecular flexibility index (Phi) is 6.73. The fourth-order valence-corrected chi connectivity index (χ4v) is 5.69. The van der Waals surface area contributed by atoms with Gasteiger partial charge in [0.05, 0.1) is 11.8 Å². The van der Waals surface area contributed by atoms with Crippen molar-refractivity contribution in [2.24, 2.45) is 23.7 Å². The number of benzene rings is 1. The standard InChI is InChI=1S/C27H33N3O6/c1-16(2)13-21(30-25(32)19-5-3-4-6-20(19)26(30)33)27(34)29-11-9-17(10-12-29)24(31)28-18-7-8-22-23(14-18)36-15-35-22/h3-4,7-8,14,16-17,19-21H,5-6,9-13,15H2,1-2H3,(H,28,31)/t19-,20-,21+/m0/s1. The van der Waals surface area contributed by atoms with Crippen molar-refractivity contribution >= 4 is 29.3 Å². The number of amides is 4. The van der Waals surface area contributed by atoms with E-state index in [1.165, 1.54) is 4.90 Å². The molecule has 5 rings (SSSR count). The molecule has 0 radical (unpaired) electrons. The molecule has 1 aliphatic carbocycles. The van der Waals surface area contributed by atoms with Crippen LogP contribution in [0.3, 0.4) is 0 Å². The Morgan fingerprint density at radius 3 is 2.28 bits per heavy atom. The van der Waals surface area contributed by atoms with E-state index in [9.17, 15) is 19.2 Å². The molecular weight excluding hydrogens is 462 g/mol. The van der Waals surface area contributed by atoms with Crippen molar-refractivity contribution in [2.75, 3.05) is 25.2 Å². The normalized spacial score (nSPS) is 24.3. The third kappa shape index (κ3) is 4.58. The fourth-order valence-electron chi connectivity index (χ4n) is 5.69. The summed E-state index contributed by atoms with van der Waals surface area (Å²) in [5, 5.41) is 2.94. The SMILES string of the molecule is CC(C)C[C@H](C(=O)N1CCC(C(=O)Nc2ccc3c(c2)OCO3)CC1)N1C(=O)[C@H]2CC=CC[C@@H]2C1=O. The molecule has 3 aliphatic heterocycles. The molecule has 4 amide bonds. The van der Waals surface area contributed by atoms with Crippen LogP contribution in [0.5, 0.6) is 11.5 Å². The Balaban J connectivity index is 1.22. The number of nitrogens with one attached hydrogen (secondary N) is 1. The lowest BCUT2D eigenvalue weighted by Gasteiger charge is -2.36. The first-order chi connectivity index (χ1) is 17.3. The van der Waals surface area contributed by atoms with Gasteiger partial charge in [-0.25, -0.2) is 0 Å². The number of allylic oxidation sites excluding steroid dienone is 2. The summed E-state index contributed by atoms with van der Waals surface area (Å²) in [6, 6.07) is 4.50. The van der Waals surface area contributed by atoms with Crippen LogP contribution in [-0.4, -0.2) is 59.4 Å². The van der Waals surface area contributed by atoms with Crippen molar-refractivity contribution in [1.82, 2.24) is 9.80 Å². The molecule has 0 spiro atoms. The van der Waals surface area contributed by atoms with Gasteiger partial charge in [-0.05, 0) is 50.2 Å². The van der Waals surface area contributed by atoms with Crippen LogP contribution in [0, 0.1) is 23.7 Å². The summed E-state index contributed by atoms with van der Waals surface area (Å²) in [4.78, 5) is 55.8. The smallest absolute Gasteiger partial charge is 0.245 e. The van der Waals surface area contributed by atoms with Crippen molar-refractivity contribution in [3.05, 3.63) is 30.4 Å². The monoisotopic (exact) mass is 495 g/mol. The molecular formula is C27H33N3O6. The number of hydrogen-bond acceptors (Lipinski definition) is 6. The highest BCUT2D eigenvalue weighted by atomic mass is 16.7. The summed E-state index contributed by atoms with van der Waals surface area (Å²) in [6.45, 7) is 4.98. The maximum Gasteiger partial charge on any atom is 0.245 e. The lowest BCUT2D eigenvalue weighted by Crippen LogP contribution is -2.54. The van der Waals surface area contributed by atoms with E-state index in [-0.39, 0.29) is 54.1 Å². The summed E-state index contributed by atoms with van der Waals surface area (Å²) in [6.07, 6.45) is 6.49. The van der Waals surface area contributed by atoms with Gasteiger partial charge >= 0.3 is 0 Å². The molecule has 4 aliphatic rings. The molecule has 1 aromatic rings. The third-order valence-corrected chi connectivity index (χ3v) is 7.65. The van der Waals surface area contributed by atoms with Crippen LogP contribution in [0.15, 0.2) is 30.4 Å². The molecule has 9 nitrogen and oxygen atoms in total. The van der Waals surface area contributed by atoms with E-state index in [0.29, 0.717) is 62.4 Å². The summed E-state index contributed by atoms with van der Waals surface area (Å²) in [5.41, 5.74) is 0.641. The molecule has 2 fully saturated rings. The molecule has 1 aromatic carbocycles. The number of piperidine rings is 1. The van der Waals surface area contributed by atoms with Crippen molar-refractivity contribution in [3.8, 4) is 11.5 Å². The maximum atomic E-state index is 13.6. The average molecular weight is 496 g/mol. The first kappa shape index (κ1) is 24.3. The second-order valence-corrected chi connectivity index (χ2v) is 10.5. The van der Waals surface area contributed by atoms with E-state index in [1.54, 1.807) is 23.1 Å². The Hall–Kier alpha value is -3.36. The second-order valence-electron chi connectivity index (χ2n) is 10.5. The van der Waals surface area contributed by atoms with Crippen LogP contribution in [0.1, 0.15) is 46.0 Å². The molecule has 1 N–H and O–H groups in total. The van der Waals surface area contributed by atoms with Crippen molar-refractivity contribution in [2.45, 2.75) is 52.0 Å². The lowest BCUT2D eigenvalue weighted by atomic mass is 9.85. The topological polar surface area (TPSA) is 105 Å². The summed E-state index contributed by atoms with van der Waals surface area (Å²) < 4.78 is 10.7. The number of rotatable bonds is 6. The number of fused-ring (bicyclic) bond motifs is 2. The van der Waals surface area contributed by atoms with Crippen molar-refractivity contribution < 1.29 is 28.7 Å². The molecule has 0 bridgehead atoms. The van der Waals surface area contributed by atoms with Gasteiger partial charge in [0.2, 0.25) is 30.4 Å². The number of hydrogen-bond donors (Lipinski definition) is 1. The Labute approximate surface area is 210 Å². The van der Waals surface area contributed by atoms with Crippen LogP contribution in [0.2, 0.25) is 0 Å². The quantitative estimate of drug-likeness (QED) is 0.481. The number of likely N-dealkylation sites (tertiary alicyclic amines) is 2. The van der Waals surface area contributed by atoms with Gasteiger partial charge in [-0.3, -0.25) is 24.1 Å². The summed E-state index contributed by atoms with van der Waals surface area (Å²) in [7, 11) is 0. The molecule has 0 saturated carbocycles. The van der Waals surface area contributed by atoms with Gasteiger partial charge in [0, 0.05) is 30.8 Å². The predicted molar refractivity (Wildman–Crippen MR) is 131 cm³/mol. The van der Waals surface area contributed by atoms with E-state index in [4.69, 9.17) is 9.47 Å². The van der Waals surface area contributed by atoms with Gasteiger partial charge in [-0.2, -0.15) is 0 Å². The van der Waals surface area contributed by atoms with Gasteiger partial charge in [0.25, 0.3) is 0 Å². The van der Waals surface area contributed by atoms with E-state index < -0.39 is 6.04 Å². The zero-order valence-corrected chi connectivity index (χ0v) is 20.8. The Morgan fingerprint density at radius 2 is 1.64 bits per heavy atom. The van der Waals surface area contributed by atoms with Crippen LogP contribution >= 0.6 is 0 Å². The van der Waals surface area contributed by atoms with Gasteiger partial charge in [-0.1, -0.05) is 26.0 Å². The summed E-state index contributed by atoms with van der Waals surface area (Å²) in [5.74, 6) is -0.249. The van der Waals surface area contributed by atoms with Crippen LogP contribution in [0.25, 0.3) is 0 Å². The summed E-state index contributed by atoms with van der Waals surface area (Å²) >= 11 is 0. The van der Waals surface area contributed by atoms with Gasteiger partial charge in [-0.15, -0.1) is 0 Å².